The Morgan fingerprint density at radius 3 is 2.79 bits per heavy atom. The second-order valence-corrected chi connectivity index (χ2v) is 5.52. The van der Waals surface area contributed by atoms with E-state index in [1.807, 2.05) is 6.92 Å². The topological polar surface area (TPSA) is 54.9 Å². The van der Waals surface area contributed by atoms with Crippen molar-refractivity contribution in [2.45, 2.75) is 33.2 Å². The Kier molecular flexibility index (Phi) is 10.4. The van der Waals surface area contributed by atoms with Crippen LogP contribution in [0.1, 0.15) is 30.9 Å². The predicted octanol–water partition coefficient (Wildman–Crippen LogP) is 3.04. The van der Waals surface area contributed by atoms with Crippen LogP contribution >= 0.6 is 0 Å². The van der Waals surface area contributed by atoms with Crippen LogP contribution < -0.4 is 15.4 Å². The lowest BCUT2D eigenvalue weighted by molar-refractivity contribution is 0.172. The van der Waals surface area contributed by atoms with E-state index in [1.54, 1.807) is 14.2 Å². The van der Waals surface area contributed by atoms with Crippen molar-refractivity contribution in [3.63, 3.8) is 0 Å². The Labute approximate surface area is 146 Å². The number of methoxy groups -OCH3 is 1. The summed E-state index contributed by atoms with van der Waals surface area (Å²) in [5.74, 6) is 1.72. The normalized spacial score (nSPS) is 11.8. The molecule has 1 aromatic rings. The van der Waals surface area contributed by atoms with Gasteiger partial charge in [-0.3, -0.25) is 4.99 Å². The summed E-state index contributed by atoms with van der Waals surface area (Å²) in [6.45, 7) is 6.99. The largest absolute Gasteiger partial charge is 0.493 e. The molecule has 0 radical (unpaired) electrons. The van der Waals surface area contributed by atoms with Gasteiger partial charge in [0, 0.05) is 45.8 Å². The molecule has 0 aliphatic carbocycles. The molecule has 134 valence electrons. The van der Waals surface area contributed by atoms with Crippen LogP contribution in [0, 0.1) is 6.92 Å². The second-order valence-electron chi connectivity index (χ2n) is 5.52. The third kappa shape index (κ3) is 8.02. The van der Waals surface area contributed by atoms with Crippen LogP contribution in [0.5, 0.6) is 5.75 Å². The molecule has 0 saturated heterocycles. The summed E-state index contributed by atoms with van der Waals surface area (Å²) in [4.78, 5) is 4.25. The molecule has 0 aliphatic heterocycles. The molecule has 0 spiro atoms. The standard InChI is InChI=1S/C19H31N3O2/c1-5-6-7-11-21-19(20-3)22-15-17-10-9-16(2)14-18(17)24-13-8-12-23-4/h5-6,9-10,14H,7-8,11-13,15H2,1-4H3,(H2,20,21,22)/b6-5+. The maximum atomic E-state index is 5.91. The van der Waals surface area contributed by atoms with Gasteiger partial charge in [0.05, 0.1) is 6.61 Å². The Hall–Kier alpha value is -2.01. The first-order chi connectivity index (χ1) is 11.7. The maximum Gasteiger partial charge on any atom is 0.191 e. The lowest BCUT2D eigenvalue weighted by atomic mass is 10.1. The molecule has 0 amide bonds. The molecule has 5 nitrogen and oxygen atoms in total. The molecule has 1 rings (SSSR count). The summed E-state index contributed by atoms with van der Waals surface area (Å²) < 4.78 is 11.0. The number of nitrogens with one attached hydrogen (secondary N) is 2. The first-order valence-electron chi connectivity index (χ1n) is 8.48. The van der Waals surface area contributed by atoms with Gasteiger partial charge in [-0.1, -0.05) is 24.3 Å². The van der Waals surface area contributed by atoms with Gasteiger partial charge in [-0.25, -0.2) is 0 Å². The number of hydrogen-bond donors (Lipinski definition) is 2. The molecule has 0 fully saturated rings. The summed E-state index contributed by atoms with van der Waals surface area (Å²) in [6.07, 6.45) is 6.05. The number of aliphatic imine (C=N–C) groups is 1. The van der Waals surface area contributed by atoms with E-state index in [2.05, 4.69) is 52.9 Å². The zero-order chi connectivity index (χ0) is 17.6. The van der Waals surface area contributed by atoms with Crippen molar-refractivity contribution in [2.24, 2.45) is 4.99 Å². The SMILES string of the molecule is C/C=C/CCNC(=NC)NCc1ccc(C)cc1OCCCOC. The van der Waals surface area contributed by atoms with Crippen molar-refractivity contribution in [2.75, 3.05) is 33.9 Å². The Bertz CT molecular complexity index is 527. The minimum Gasteiger partial charge on any atom is -0.493 e. The van der Waals surface area contributed by atoms with E-state index in [4.69, 9.17) is 9.47 Å². The third-order valence-electron chi connectivity index (χ3n) is 3.48. The average Bonchev–Trinajstić information content (AvgIpc) is 2.59. The van der Waals surface area contributed by atoms with Crippen LogP contribution in [-0.2, 0) is 11.3 Å². The number of hydrogen-bond acceptors (Lipinski definition) is 3. The lowest BCUT2D eigenvalue weighted by Gasteiger charge is -2.15. The second kappa shape index (κ2) is 12.4. The molecule has 5 heteroatoms. The molecule has 0 unspecified atom stereocenters. The van der Waals surface area contributed by atoms with E-state index in [9.17, 15) is 0 Å². The lowest BCUT2D eigenvalue weighted by Crippen LogP contribution is -2.37. The molecule has 1 aromatic carbocycles. The van der Waals surface area contributed by atoms with E-state index in [0.717, 1.165) is 36.7 Å². The van der Waals surface area contributed by atoms with Crippen LogP contribution in [0.2, 0.25) is 0 Å². The van der Waals surface area contributed by atoms with Crippen molar-refractivity contribution in [1.82, 2.24) is 10.6 Å². The third-order valence-corrected chi connectivity index (χ3v) is 3.48. The number of aryl methyl sites for hydroxylation is 1. The van der Waals surface area contributed by atoms with Gasteiger partial charge >= 0.3 is 0 Å². The van der Waals surface area contributed by atoms with E-state index >= 15 is 0 Å². The van der Waals surface area contributed by atoms with E-state index in [1.165, 1.54) is 5.56 Å². The van der Waals surface area contributed by atoms with Crippen LogP contribution in [0.15, 0.2) is 35.3 Å². The smallest absolute Gasteiger partial charge is 0.191 e. The quantitative estimate of drug-likeness (QED) is 0.299. The minimum atomic E-state index is 0.653. The van der Waals surface area contributed by atoms with Gasteiger partial charge < -0.3 is 20.1 Å². The molecule has 24 heavy (non-hydrogen) atoms. The molecule has 0 heterocycles. The highest BCUT2D eigenvalue weighted by Crippen LogP contribution is 2.20. The van der Waals surface area contributed by atoms with Gasteiger partial charge in [0.15, 0.2) is 5.96 Å². The van der Waals surface area contributed by atoms with Gasteiger partial charge in [-0.2, -0.15) is 0 Å². The Morgan fingerprint density at radius 1 is 1.25 bits per heavy atom. The number of nitrogens with zero attached hydrogens (tertiary/aromatic N) is 1. The van der Waals surface area contributed by atoms with E-state index in [0.29, 0.717) is 19.8 Å². The van der Waals surface area contributed by atoms with Crippen molar-refractivity contribution >= 4 is 5.96 Å². The zero-order valence-corrected chi connectivity index (χ0v) is 15.4. The molecular formula is C19H31N3O2. The first kappa shape index (κ1) is 20.0. The summed E-state index contributed by atoms with van der Waals surface area (Å²) in [5, 5.41) is 6.63. The fraction of sp³-hybridized carbons (Fsp3) is 0.526. The fourth-order valence-electron chi connectivity index (χ4n) is 2.17. The van der Waals surface area contributed by atoms with Gasteiger partial charge in [0.25, 0.3) is 0 Å². The van der Waals surface area contributed by atoms with Crippen LogP contribution in [0.25, 0.3) is 0 Å². The maximum absolute atomic E-state index is 5.91. The molecule has 0 bridgehead atoms. The van der Waals surface area contributed by atoms with Gasteiger partial charge in [-0.15, -0.1) is 0 Å². The van der Waals surface area contributed by atoms with E-state index < -0.39 is 0 Å². The molecule has 0 saturated carbocycles. The van der Waals surface area contributed by atoms with Crippen LogP contribution in [-0.4, -0.2) is 39.9 Å². The number of guanidine groups is 1. The highest BCUT2D eigenvalue weighted by molar-refractivity contribution is 5.79. The van der Waals surface area contributed by atoms with Crippen molar-refractivity contribution in [3.05, 3.63) is 41.5 Å². The molecule has 0 aromatic heterocycles. The molecule has 2 N–H and O–H groups in total. The Morgan fingerprint density at radius 2 is 2.08 bits per heavy atom. The summed E-state index contributed by atoms with van der Waals surface area (Å²) >= 11 is 0. The summed E-state index contributed by atoms with van der Waals surface area (Å²) in [5.41, 5.74) is 2.31. The molecule has 0 atom stereocenters. The van der Waals surface area contributed by atoms with Crippen molar-refractivity contribution in [3.8, 4) is 5.75 Å². The molecule has 0 aliphatic rings. The number of rotatable bonds is 10. The van der Waals surface area contributed by atoms with Crippen LogP contribution in [0.3, 0.4) is 0 Å². The van der Waals surface area contributed by atoms with E-state index in [-0.39, 0.29) is 0 Å². The van der Waals surface area contributed by atoms with Crippen molar-refractivity contribution in [1.29, 1.82) is 0 Å². The highest BCUT2D eigenvalue weighted by atomic mass is 16.5. The average molecular weight is 333 g/mol. The highest BCUT2D eigenvalue weighted by Gasteiger charge is 2.06. The minimum absolute atomic E-state index is 0.653. The number of allylic oxidation sites excluding steroid dienone is 1. The summed E-state index contributed by atoms with van der Waals surface area (Å²) in [7, 11) is 3.49. The van der Waals surface area contributed by atoms with Gasteiger partial charge in [0.1, 0.15) is 5.75 Å². The summed E-state index contributed by atoms with van der Waals surface area (Å²) in [6, 6.07) is 6.27. The van der Waals surface area contributed by atoms with Crippen molar-refractivity contribution < 1.29 is 9.47 Å². The van der Waals surface area contributed by atoms with Gasteiger partial charge in [-0.05, 0) is 31.9 Å². The van der Waals surface area contributed by atoms with Gasteiger partial charge in [0.2, 0.25) is 0 Å². The predicted molar refractivity (Wildman–Crippen MR) is 101 cm³/mol. The van der Waals surface area contributed by atoms with Crippen LogP contribution in [0.4, 0.5) is 0 Å². The Balaban J connectivity index is 2.55. The monoisotopic (exact) mass is 333 g/mol. The first-order valence-corrected chi connectivity index (χ1v) is 8.48. The number of benzene rings is 1. The number of ether oxygens (including phenoxy) is 2. The molecular weight excluding hydrogens is 302 g/mol. The zero-order valence-electron chi connectivity index (χ0n) is 15.4. The fourth-order valence-corrected chi connectivity index (χ4v) is 2.17.